The molecule has 2 aromatic rings. The van der Waals surface area contributed by atoms with Crippen LogP contribution in [0.5, 0.6) is 0 Å². The van der Waals surface area contributed by atoms with Gasteiger partial charge in [0, 0.05) is 28.8 Å². The Kier molecular flexibility index (Phi) is 2.59. The predicted molar refractivity (Wildman–Crippen MR) is 83.3 cm³/mol. The van der Waals surface area contributed by atoms with Crippen LogP contribution in [-0.4, -0.2) is 12.8 Å². The Hall–Kier alpha value is -1.22. The number of hydrogen-bond acceptors (Lipinski definition) is 2. The fraction of sp³-hybridized carbons (Fsp3) is 0.471. The summed E-state index contributed by atoms with van der Waals surface area (Å²) in [6.07, 6.45) is 3.85. The highest BCUT2D eigenvalue weighted by molar-refractivity contribution is 7.17. The molecular weight excluding hydrogens is 269 g/mol. The van der Waals surface area contributed by atoms with Crippen LogP contribution in [0.4, 0.5) is 4.39 Å². The third-order valence-corrected chi connectivity index (χ3v) is 6.27. The van der Waals surface area contributed by atoms with Gasteiger partial charge in [-0.3, -0.25) is 4.99 Å². The summed E-state index contributed by atoms with van der Waals surface area (Å²) in [5, 5.41) is 3.45. The van der Waals surface area contributed by atoms with Gasteiger partial charge in [0.05, 0.1) is 0 Å². The first kappa shape index (κ1) is 12.5. The molecule has 4 rings (SSSR count). The first-order chi connectivity index (χ1) is 9.62. The molecule has 2 aliphatic rings. The van der Waals surface area contributed by atoms with Crippen molar-refractivity contribution in [2.24, 2.45) is 16.3 Å². The van der Waals surface area contributed by atoms with Crippen LogP contribution in [0, 0.1) is 17.2 Å². The van der Waals surface area contributed by atoms with Crippen LogP contribution >= 0.6 is 11.3 Å². The molecule has 0 saturated heterocycles. The minimum atomic E-state index is -0.143. The average Bonchev–Trinajstić information content (AvgIpc) is 3.06. The zero-order valence-electron chi connectivity index (χ0n) is 11.8. The lowest BCUT2D eigenvalue weighted by molar-refractivity contribution is 0.497. The monoisotopic (exact) mass is 287 g/mol. The standard InChI is InChI=1S/C17H18FNS/c1-17-6-5-10(8-17)15(16(17)19-2)13-9-20-14-7-11(18)3-4-12(13)14/h3-4,7,9-10,15H,5-6,8H2,1-2H3/t10-,15?,17+/m1/s1. The van der Waals surface area contributed by atoms with Gasteiger partial charge in [-0.05, 0) is 53.6 Å². The Morgan fingerprint density at radius 2 is 2.25 bits per heavy atom. The van der Waals surface area contributed by atoms with Gasteiger partial charge in [-0.1, -0.05) is 13.0 Å². The van der Waals surface area contributed by atoms with Gasteiger partial charge in [0.15, 0.2) is 0 Å². The number of nitrogens with zero attached hydrogens (tertiary/aromatic N) is 1. The van der Waals surface area contributed by atoms with Gasteiger partial charge in [0.2, 0.25) is 0 Å². The molecule has 2 bridgehead atoms. The lowest BCUT2D eigenvalue weighted by Gasteiger charge is -2.29. The van der Waals surface area contributed by atoms with Crippen molar-refractivity contribution in [2.75, 3.05) is 7.05 Å². The van der Waals surface area contributed by atoms with E-state index in [1.165, 1.54) is 35.9 Å². The molecule has 20 heavy (non-hydrogen) atoms. The van der Waals surface area contributed by atoms with E-state index in [2.05, 4.69) is 17.3 Å². The Labute approximate surface area is 122 Å². The summed E-state index contributed by atoms with van der Waals surface area (Å²) in [4.78, 5) is 4.65. The van der Waals surface area contributed by atoms with E-state index < -0.39 is 0 Å². The zero-order chi connectivity index (χ0) is 13.9. The summed E-state index contributed by atoms with van der Waals surface area (Å²) in [5.74, 6) is 1.04. The van der Waals surface area contributed by atoms with Gasteiger partial charge in [-0.2, -0.15) is 0 Å². The van der Waals surface area contributed by atoms with E-state index in [-0.39, 0.29) is 5.82 Å². The van der Waals surface area contributed by atoms with E-state index >= 15 is 0 Å². The number of halogens is 1. The van der Waals surface area contributed by atoms with Gasteiger partial charge >= 0.3 is 0 Å². The Morgan fingerprint density at radius 1 is 1.40 bits per heavy atom. The molecule has 1 aromatic carbocycles. The molecule has 3 heteroatoms. The van der Waals surface area contributed by atoms with E-state index in [1.54, 1.807) is 23.5 Å². The maximum absolute atomic E-state index is 13.4. The second-order valence-electron chi connectivity index (χ2n) is 6.48. The first-order valence-electron chi connectivity index (χ1n) is 7.26. The fourth-order valence-corrected chi connectivity index (χ4v) is 5.50. The van der Waals surface area contributed by atoms with Crippen molar-refractivity contribution in [2.45, 2.75) is 32.1 Å². The van der Waals surface area contributed by atoms with Crippen molar-refractivity contribution < 1.29 is 4.39 Å². The normalized spacial score (nSPS) is 34.5. The molecule has 1 heterocycles. The number of aliphatic imine (C=N–C) groups is 1. The van der Waals surface area contributed by atoms with Gasteiger partial charge < -0.3 is 0 Å². The Bertz CT molecular complexity index is 717. The number of hydrogen-bond donors (Lipinski definition) is 0. The van der Waals surface area contributed by atoms with E-state index in [9.17, 15) is 4.39 Å². The minimum Gasteiger partial charge on any atom is -0.296 e. The number of thiophene rings is 1. The summed E-state index contributed by atoms with van der Waals surface area (Å²) < 4.78 is 14.4. The van der Waals surface area contributed by atoms with Crippen molar-refractivity contribution in [3.8, 4) is 0 Å². The molecular formula is C17H18FNS. The Morgan fingerprint density at radius 3 is 3.05 bits per heavy atom. The summed E-state index contributed by atoms with van der Waals surface area (Å²) in [7, 11) is 1.93. The lowest BCUT2D eigenvalue weighted by Crippen LogP contribution is -2.27. The van der Waals surface area contributed by atoms with Crippen LogP contribution < -0.4 is 0 Å². The molecule has 2 fully saturated rings. The molecule has 1 nitrogen and oxygen atoms in total. The van der Waals surface area contributed by atoms with Crippen LogP contribution in [0.3, 0.4) is 0 Å². The van der Waals surface area contributed by atoms with Crippen molar-refractivity contribution in [1.29, 1.82) is 0 Å². The van der Waals surface area contributed by atoms with E-state index in [4.69, 9.17) is 0 Å². The number of fused-ring (bicyclic) bond motifs is 3. The van der Waals surface area contributed by atoms with E-state index in [1.807, 2.05) is 13.1 Å². The molecule has 1 aromatic heterocycles. The topological polar surface area (TPSA) is 12.4 Å². The fourth-order valence-electron chi connectivity index (χ4n) is 4.48. The van der Waals surface area contributed by atoms with Gasteiger partial charge in [0.25, 0.3) is 0 Å². The molecule has 0 spiro atoms. The van der Waals surface area contributed by atoms with Crippen molar-refractivity contribution in [1.82, 2.24) is 0 Å². The van der Waals surface area contributed by atoms with Crippen LogP contribution in [-0.2, 0) is 0 Å². The van der Waals surface area contributed by atoms with Gasteiger partial charge in [-0.15, -0.1) is 11.3 Å². The predicted octanol–water partition coefficient (Wildman–Crippen LogP) is 5.01. The SMILES string of the molecule is CN=C1C(c2csc3cc(F)ccc23)[C@@H]2CC[C@@]1(C)C2. The van der Waals surface area contributed by atoms with Crippen molar-refractivity contribution in [3.63, 3.8) is 0 Å². The van der Waals surface area contributed by atoms with Crippen molar-refractivity contribution in [3.05, 3.63) is 35.0 Å². The molecule has 3 atom stereocenters. The second kappa shape index (κ2) is 4.14. The third kappa shape index (κ3) is 1.56. The highest BCUT2D eigenvalue weighted by Crippen LogP contribution is 2.59. The maximum Gasteiger partial charge on any atom is 0.124 e. The summed E-state index contributed by atoms with van der Waals surface area (Å²) in [6, 6.07) is 5.18. The van der Waals surface area contributed by atoms with Crippen LogP contribution in [0.15, 0.2) is 28.6 Å². The average molecular weight is 287 g/mol. The lowest BCUT2D eigenvalue weighted by atomic mass is 9.76. The zero-order valence-corrected chi connectivity index (χ0v) is 12.6. The van der Waals surface area contributed by atoms with Crippen LogP contribution in [0.25, 0.3) is 10.1 Å². The minimum absolute atomic E-state index is 0.143. The van der Waals surface area contributed by atoms with Crippen LogP contribution in [0.2, 0.25) is 0 Å². The highest BCUT2D eigenvalue weighted by Gasteiger charge is 2.53. The van der Waals surface area contributed by atoms with Gasteiger partial charge in [-0.25, -0.2) is 4.39 Å². The molecule has 0 amide bonds. The maximum atomic E-state index is 13.4. The summed E-state index contributed by atoms with van der Waals surface area (Å²) in [6.45, 7) is 2.36. The first-order valence-corrected chi connectivity index (χ1v) is 8.14. The summed E-state index contributed by atoms with van der Waals surface area (Å²) in [5.41, 5.74) is 3.05. The van der Waals surface area contributed by atoms with E-state index in [0.29, 0.717) is 11.3 Å². The van der Waals surface area contributed by atoms with Gasteiger partial charge in [0.1, 0.15) is 5.82 Å². The molecule has 1 unspecified atom stereocenters. The smallest absolute Gasteiger partial charge is 0.124 e. The molecule has 104 valence electrons. The second-order valence-corrected chi connectivity index (χ2v) is 7.39. The molecule has 0 aliphatic heterocycles. The third-order valence-electron chi connectivity index (χ3n) is 5.31. The number of benzene rings is 1. The summed E-state index contributed by atoms with van der Waals surface area (Å²) >= 11 is 1.66. The number of rotatable bonds is 1. The highest BCUT2D eigenvalue weighted by atomic mass is 32.1. The van der Waals surface area contributed by atoms with E-state index in [0.717, 1.165) is 10.6 Å². The Balaban J connectivity index is 1.88. The quantitative estimate of drug-likeness (QED) is 0.698. The van der Waals surface area contributed by atoms with Crippen molar-refractivity contribution >= 4 is 27.1 Å². The largest absolute Gasteiger partial charge is 0.296 e. The molecule has 0 N–H and O–H groups in total. The van der Waals surface area contributed by atoms with Crippen LogP contribution in [0.1, 0.15) is 37.7 Å². The molecule has 0 radical (unpaired) electrons. The molecule has 2 saturated carbocycles. The molecule has 2 aliphatic carbocycles.